The lowest BCUT2D eigenvalue weighted by atomic mass is 9.78. The average molecular weight is 215 g/mol. The molecule has 1 aliphatic heterocycles. The van der Waals surface area contributed by atoms with E-state index in [1.165, 1.54) is 0 Å². The zero-order valence-electron chi connectivity index (χ0n) is 7.67. The summed E-state index contributed by atoms with van der Waals surface area (Å²) in [5, 5.41) is 0. The van der Waals surface area contributed by atoms with Gasteiger partial charge < -0.3 is 17.7 Å². The third-order valence-electron chi connectivity index (χ3n) is 2.34. The van der Waals surface area contributed by atoms with Crippen LogP contribution in [-0.4, -0.2) is 19.9 Å². The second-order valence-corrected chi connectivity index (χ2v) is 3.39. The van der Waals surface area contributed by atoms with E-state index in [0.29, 0.717) is 30.6 Å². The van der Waals surface area contributed by atoms with E-state index in [0.717, 1.165) is 12.1 Å². The van der Waals surface area contributed by atoms with Crippen LogP contribution in [0.3, 0.4) is 0 Å². The number of rotatable bonds is 2. The maximum atomic E-state index is 12.5. The highest BCUT2D eigenvalue weighted by Gasteiger charge is 2.28. The van der Waals surface area contributed by atoms with Crippen molar-refractivity contribution >= 4 is 18.7 Å². The third-order valence-corrected chi connectivity index (χ3v) is 2.34. The van der Waals surface area contributed by atoms with Crippen LogP contribution in [0.1, 0.15) is 15.9 Å². The van der Waals surface area contributed by atoms with Crippen LogP contribution in [0.15, 0.2) is 12.1 Å². The minimum Gasteiger partial charge on any atom is -0.492 e. The molecular formula is C9H7BF3O2-. The molecule has 0 radical (unpaired) electrons. The minimum atomic E-state index is -5.06. The standard InChI is InChI=1S/C9H7BF3O2/c11-10(12,13)8-3-6-1-2-15-9(6)7(4-8)5-14/h3-5H,1-2H2/q-1. The van der Waals surface area contributed by atoms with Gasteiger partial charge in [0.25, 0.3) is 0 Å². The van der Waals surface area contributed by atoms with E-state index in [9.17, 15) is 17.7 Å². The number of benzene rings is 1. The number of hydrogen-bond acceptors (Lipinski definition) is 2. The Morgan fingerprint density at radius 1 is 1.33 bits per heavy atom. The van der Waals surface area contributed by atoms with Crippen LogP contribution in [0.5, 0.6) is 5.75 Å². The van der Waals surface area contributed by atoms with Gasteiger partial charge in [-0.1, -0.05) is 12.1 Å². The molecule has 1 aromatic carbocycles. The van der Waals surface area contributed by atoms with Crippen LogP contribution in [0.25, 0.3) is 0 Å². The van der Waals surface area contributed by atoms with E-state index in [-0.39, 0.29) is 5.56 Å². The van der Waals surface area contributed by atoms with Gasteiger partial charge in [0.2, 0.25) is 0 Å². The van der Waals surface area contributed by atoms with Crippen LogP contribution >= 0.6 is 0 Å². The van der Waals surface area contributed by atoms with Crippen molar-refractivity contribution in [2.24, 2.45) is 0 Å². The largest absolute Gasteiger partial charge is 0.509 e. The summed E-state index contributed by atoms with van der Waals surface area (Å²) in [6, 6.07) is 1.91. The molecule has 15 heavy (non-hydrogen) atoms. The molecule has 0 spiro atoms. The summed E-state index contributed by atoms with van der Waals surface area (Å²) in [4.78, 5) is 10.6. The van der Waals surface area contributed by atoms with Crippen molar-refractivity contribution in [3.63, 3.8) is 0 Å². The quantitative estimate of drug-likeness (QED) is 0.551. The van der Waals surface area contributed by atoms with Crippen LogP contribution < -0.4 is 10.2 Å². The maximum absolute atomic E-state index is 12.5. The first-order valence-corrected chi connectivity index (χ1v) is 4.47. The highest BCUT2D eigenvalue weighted by molar-refractivity contribution is 6.73. The van der Waals surface area contributed by atoms with Crippen molar-refractivity contribution in [3.8, 4) is 5.75 Å². The molecule has 0 bridgehead atoms. The molecule has 80 valence electrons. The highest BCUT2D eigenvalue weighted by Crippen LogP contribution is 2.28. The van der Waals surface area contributed by atoms with Gasteiger partial charge in [-0.15, -0.1) is 5.46 Å². The second kappa shape index (κ2) is 3.29. The lowest BCUT2D eigenvalue weighted by Crippen LogP contribution is -2.34. The summed E-state index contributed by atoms with van der Waals surface area (Å²) in [7, 11) is 0. The Labute approximate surface area is 84.1 Å². The Kier molecular flexibility index (Phi) is 2.21. The topological polar surface area (TPSA) is 26.3 Å². The van der Waals surface area contributed by atoms with Crippen molar-refractivity contribution < 1.29 is 22.5 Å². The van der Waals surface area contributed by atoms with Crippen LogP contribution in [0.4, 0.5) is 12.9 Å². The van der Waals surface area contributed by atoms with Crippen molar-refractivity contribution in [3.05, 3.63) is 23.3 Å². The molecule has 1 aromatic rings. The number of hydrogen-bond donors (Lipinski definition) is 0. The molecule has 0 N–H and O–H groups in total. The molecule has 0 atom stereocenters. The highest BCUT2D eigenvalue weighted by atomic mass is 19.4. The fourth-order valence-corrected chi connectivity index (χ4v) is 1.64. The molecule has 1 heterocycles. The zero-order valence-corrected chi connectivity index (χ0v) is 7.67. The molecule has 2 rings (SSSR count). The van der Waals surface area contributed by atoms with E-state index in [2.05, 4.69) is 0 Å². The number of fused-ring (bicyclic) bond motifs is 1. The summed E-state index contributed by atoms with van der Waals surface area (Å²) >= 11 is 0. The molecule has 0 unspecified atom stereocenters. The molecule has 0 amide bonds. The molecule has 0 fully saturated rings. The van der Waals surface area contributed by atoms with E-state index >= 15 is 0 Å². The van der Waals surface area contributed by atoms with E-state index in [1.807, 2.05) is 0 Å². The lowest BCUT2D eigenvalue weighted by molar-refractivity contribution is 0.112. The monoisotopic (exact) mass is 215 g/mol. The second-order valence-electron chi connectivity index (χ2n) is 3.39. The van der Waals surface area contributed by atoms with Gasteiger partial charge in [-0.2, -0.15) is 0 Å². The predicted molar refractivity (Wildman–Crippen MR) is 49.7 cm³/mol. The van der Waals surface area contributed by atoms with Gasteiger partial charge in [0, 0.05) is 6.42 Å². The molecular weight excluding hydrogens is 208 g/mol. The lowest BCUT2D eigenvalue weighted by Gasteiger charge is -2.16. The summed E-state index contributed by atoms with van der Waals surface area (Å²) in [5.74, 6) is 0.300. The van der Waals surface area contributed by atoms with Gasteiger partial charge in [0.1, 0.15) is 5.75 Å². The summed E-state index contributed by atoms with van der Waals surface area (Å²) < 4.78 is 42.5. The summed E-state index contributed by atoms with van der Waals surface area (Å²) in [6.07, 6.45) is 0.825. The van der Waals surface area contributed by atoms with Crippen molar-refractivity contribution in [2.75, 3.05) is 6.61 Å². The SMILES string of the molecule is O=Cc1cc([B-](F)(F)F)cc2c1OCC2. The number of aldehydes is 1. The zero-order chi connectivity index (χ0) is 11.1. The fourth-order valence-electron chi connectivity index (χ4n) is 1.64. The maximum Gasteiger partial charge on any atom is 0.509 e. The van der Waals surface area contributed by atoms with Crippen LogP contribution in [0, 0.1) is 0 Å². The first-order chi connectivity index (χ1) is 7.02. The van der Waals surface area contributed by atoms with E-state index in [1.54, 1.807) is 0 Å². The van der Waals surface area contributed by atoms with Crippen LogP contribution in [-0.2, 0) is 6.42 Å². The Morgan fingerprint density at radius 2 is 2.07 bits per heavy atom. The fraction of sp³-hybridized carbons (Fsp3) is 0.222. The number of carbonyl (C=O) groups excluding carboxylic acids is 1. The smallest absolute Gasteiger partial charge is 0.492 e. The minimum absolute atomic E-state index is 0.0146. The Hall–Kier alpha value is -1.46. The van der Waals surface area contributed by atoms with Gasteiger partial charge in [0.15, 0.2) is 6.29 Å². The van der Waals surface area contributed by atoms with Gasteiger partial charge in [0.05, 0.1) is 12.2 Å². The predicted octanol–water partition coefficient (Wildman–Crippen LogP) is 1.49. The Balaban J connectivity index is 2.58. The van der Waals surface area contributed by atoms with E-state index < -0.39 is 12.4 Å². The summed E-state index contributed by atoms with van der Waals surface area (Å²) in [6.45, 7) is -4.72. The average Bonchev–Trinajstić information content (AvgIpc) is 2.62. The van der Waals surface area contributed by atoms with Crippen molar-refractivity contribution in [1.29, 1.82) is 0 Å². The van der Waals surface area contributed by atoms with Gasteiger partial charge in [-0.3, -0.25) is 4.79 Å². The number of carbonyl (C=O) groups is 1. The van der Waals surface area contributed by atoms with Crippen molar-refractivity contribution in [2.45, 2.75) is 6.42 Å². The Morgan fingerprint density at radius 3 is 2.67 bits per heavy atom. The molecule has 0 saturated carbocycles. The first kappa shape index (κ1) is 10.1. The molecule has 0 aliphatic carbocycles. The van der Waals surface area contributed by atoms with Gasteiger partial charge in [-0.05, 0) is 5.56 Å². The van der Waals surface area contributed by atoms with Gasteiger partial charge >= 0.3 is 6.98 Å². The molecule has 0 aromatic heterocycles. The number of halogens is 3. The molecule has 6 heteroatoms. The van der Waals surface area contributed by atoms with Gasteiger partial charge in [-0.25, -0.2) is 0 Å². The normalized spacial score (nSPS) is 14.6. The number of ether oxygens (including phenoxy) is 1. The van der Waals surface area contributed by atoms with Crippen molar-refractivity contribution in [1.82, 2.24) is 0 Å². The first-order valence-electron chi connectivity index (χ1n) is 4.47. The third kappa shape index (κ3) is 1.71. The summed E-state index contributed by atoms with van der Waals surface area (Å²) in [5.41, 5.74) is -0.283. The molecule has 0 saturated heterocycles. The molecule has 1 aliphatic rings. The van der Waals surface area contributed by atoms with Crippen LogP contribution in [0.2, 0.25) is 0 Å². The molecule has 2 nitrogen and oxygen atoms in total. The van der Waals surface area contributed by atoms with E-state index in [4.69, 9.17) is 4.74 Å². The Bertz CT molecular complexity index is 415.